The van der Waals surface area contributed by atoms with Gasteiger partial charge in [-0.3, -0.25) is 0 Å². The van der Waals surface area contributed by atoms with E-state index in [1.807, 2.05) is 12.1 Å². The molecule has 0 bridgehead atoms. The Kier molecular flexibility index (Phi) is 17.2. The second kappa shape index (κ2) is 28.6. The molecule has 3 aliphatic carbocycles. The van der Waals surface area contributed by atoms with Crippen molar-refractivity contribution < 1.29 is 0 Å². The molecule has 24 rings (SSSR count). The van der Waals surface area contributed by atoms with Gasteiger partial charge in [-0.2, -0.15) is 0 Å². The SMILES string of the molecule is Brc1ccc(N(c2ccccc2)c2ccc(-c3ccccc3)cc2)cc1.CC1(C)c2ccccc2-c2cc3c(cc21)Cc1cc2c4ccccc4c4ccccc4c2cc1-3.CC1(C)c2ccccc2-c2cc3c4cc5c6ccccc6c6ccccc6c5cc4n(-c4ccc(N(c5ccccc5)c5ccc(-c6ccccc6)cc5)cc4)c3cc21. The topological polar surface area (TPSA) is 11.4 Å². The lowest BCUT2D eigenvalue weighted by molar-refractivity contribution is 0.659. The maximum atomic E-state index is 3.52. The molecule has 0 fully saturated rings. The largest absolute Gasteiger partial charge is 0.311 e. The van der Waals surface area contributed by atoms with Gasteiger partial charge in [-0.05, 0) is 300 Å². The van der Waals surface area contributed by atoms with Crippen LogP contribution in [0.5, 0.6) is 0 Å². The van der Waals surface area contributed by atoms with Gasteiger partial charge in [0.05, 0.1) is 11.0 Å². The van der Waals surface area contributed by atoms with E-state index in [1.54, 1.807) is 0 Å². The molecule has 564 valence electrons. The number of para-hydroxylation sites is 2. The molecule has 3 aliphatic rings. The lowest BCUT2D eigenvalue weighted by Gasteiger charge is -2.26. The minimum atomic E-state index is -0.116. The number of anilines is 6. The van der Waals surface area contributed by atoms with Crippen molar-refractivity contribution in [2.45, 2.75) is 44.9 Å². The van der Waals surface area contributed by atoms with Crippen LogP contribution in [0, 0.1) is 0 Å². The lowest BCUT2D eigenvalue weighted by atomic mass is 9.81. The van der Waals surface area contributed by atoms with Crippen LogP contribution >= 0.6 is 15.9 Å². The molecule has 20 aromatic carbocycles. The molecule has 0 atom stereocenters. The number of fused-ring (bicyclic) bond motifs is 24. The number of benzene rings is 20. The highest BCUT2D eigenvalue weighted by Gasteiger charge is 2.39. The van der Waals surface area contributed by atoms with Gasteiger partial charge in [0.25, 0.3) is 0 Å². The molecular formula is C115H82BrN3. The molecule has 0 spiro atoms. The summed E-state index contributed by atoms with van der Waals surface area (Å²) in [5.41, 5.74) is 32.1. The van der Waals surface area contributed by atoms with Crippen LogP contribution in [0.15, 0.2) is 417 Å². The minimum Gasteiger partial charge on any atom is -0.311 e. The number of nitrogens with zero attached hydrogens (tertiary/aromatic N) is 3. The molecule has 0 aliphatic heterocycles. The van der Waals surface area contributed by atoms with Gasteiger partial charge >= 0.3 is 0 Å². The van der Waals surface area contributed by atoms with E-state index in [0.29, 0.717) is 0 Å². The van der Waals surface area contributed by atoms with E-state index in [1.165, 1.54) is 175 Å². The zero-order valence-corrected chi connectivity index (χ0v) is 68.3. The van der Waals surface area contributed by atoms with Crippen molar-refractivity contribution in [3.05, 3.63) is 450 Å². The molecule has 21 aromatic rings. The zero-order chi connectivity index (χ0) is 79.6. The number of halogens is 1. The average Bonchev–Trinajstić information content (AvgIpc) is 1.55. The first-order valence-electron chi connectivity index (χ1n) is 41.4. The first kappa shape index (κ1) is 71.4. The number of aromatic nitrogens is 1. The summed E-state index contributed by atoms with van der Waals surface area (Å²) in [6.45, 7) is 9.50. The highest BCUT2D eigenvalue weighted by Crippen LogP contribution is 2.55. The minimum absolute atomic E-state index is 0.0485. The van der Waals surface area contributed by atoms with Crippen molar-refractivity contribution in [3.63, 3.8) is 0 Å². The van der Waals surface area contributed by atoms with Crippen molar-refractivity contribution in [1.82, 2.24) is 4.57 Å². The Morgan fingerprint density at radius 2 is 0.521 bits per heavy atom. The molecule has 0 unspecified atom stereocenters. The van der Waals surface area contributed by atoms with Gasteiger partial charge in [0, 0.05) is 65.9 Å². The monoisotopic (exact) mass is 1580 g/mol. The van der Waals surface area contributed by atoms with Crippen molar-refractivity contribution in [1.29, 1.82) is 0 Å². The molecule has 3 nitrogen and oxygen atoms in total. The Morgan fingerprint density at radius 3 is 0.983 bits per heavy atom. The number of rotatable bonds is 9. The van der Waals surface area contributed by atoms with E-state index in [0.717, 1.165) is 50.7 Å². The van der Waals surface area contributed by atoms with E-state index in [4.69, 9.17) is 0 Å². The summed E-state index contributed by atoms with van der Waals surface area (Å²) in [6, 6.07) is 151. The first-order chi connectivity index (χ1) is 58.4. The van der Waals surface area contributed by atoms with Gasteiger partial charge in [0.2, 0.25) is 0 Å². The second-order valence-corrected chi connectivity index (χ2v) is 34.1. The van der Waals surface area contributed by atoms with Crippen LogP contribution in [-0.4, -0.2) is 4.57 Å². The van der Waals surface area contributed by atoms with Crippen LogP contribution in [0.2, 0.25) is 0 Å². The van der Waals surface area contributed by atoms with E-state index < -0.39 is 0 Å². The Bertz CT molecular complexity index is 7580. The van der Waals surface area contributed by atoms with Gasteiger partial charge in [-0.15, -0.1) is 0 Å². The van der Waals surface area contributed by atoms with E-state index in [-0.39, 0.29) is 10.8 Å². The summed E-state index contributed by atoms with van der Waals surface area (Å²) >= 11 is 3.52. The molecule has 119 heavy (non-hydrogen) atoms. The van der Waals surface area contributed by atoms with Crippen molar-refractivity contribution in [2.24, 2.45) is 0 Å². The standard InChI is InChI=1S/C57H40N2.C34H24.C24H18BrN/c1-57(2)53-24-14-13-23-47(53)50-34-52-51-33-48-45-21-11-9-19-43(45)44-20-10-12-22-46(44)49(48)35-55(51)59(56(52)36-54(50)57)42-31-29-41(30-32-42)58(39-17-7-4-8-18-39)40-27-25-38(26-28-40)37-15-5-3-6-16-37;1-34(2)32-14-8-7-13-26(32)31-19-28-21(17-33(31)34)15-20-16-29-24-11-5-3-9-22(24)23-10-4-6-12-25(23)30(29)18-27(20)28;25-21-13-17-24(18-14-21)26(22-9-5-2-6-10-22)23-15-11-20(12-16-23)19-7-3-1-4-8-19/h3-36H,1-2H3;3-14,16-19H,15H2,1-2H3;1-18H. The number of hydrogen-bond donors (Lipinski definition) is 0. The smallest absolute Gasteiger partial charge is 0.0547 e. The third-order valence-corrected chi connectivity index (χ3v) is 26.3. The summed E-state index contributed by atoms with van der Waals surface area (Å²) in [5.74, 6) is 0. The van der Waals surface area contributed by atoms with Gasteiger partial charge in [0.15, 0.2) is 0 Å². The Balaban J connectivity index is 0.000000119. The normalized spacial score (nSPS) is 13.0. The van der Waals surface area contributed by atoms with Crippen molar-refractivity contribution in [3.8, 4) is 61.3 Å². The second-order valence-electron chi connectivity index (χ2n) is 33.1. The van der Waals surface area contributed by atoms with Crippen LogP contribution in [0.4, 0.5) is 34.1 Å². The van der Waals surface area contributed by atoms with E-state index in [9.17, 15) is 0 Å². The lowest BCUT2D eigenvalue weighted by Crippen LogP contribution is -2.15. The van der Waals surface area contributed by atoms with Gasteiger partial charge in [0.1, 0.15) is 0 Å². The fourth-order valence-electron chi connectivity index (χ4n) is 19.9. The molecule has 0 saturated heterocycles. The number of hydrogen-bond acceptors (Lipinski definition) is 2. The van der Waals surface area contributed by atoms with Crippen LogP contribution in [-0.2, 0) is 17.3 Å². The molecule has 4 heteroatoms. The summed E-state index contributed by atoms with van der Waals surface area (Å²) in [5, 5.41) is 18.4. The highest BCUT2D eigenvalue weighted by atomic mass is 79.9. The van der Waals surface area contributed by atoms with Gasteiger partial charge in [-0.25, -0.2) is 0 Å². The van der Waals surface area contributed by atoms with Crippen LogP contribution in [0.3, 0.4) is 0 Å². The first-order valence-corrected chi connectivity index (χ1v) is 42.2. The maximum absolute atomic E-state index is 3.52. The third kappa shape index (κ3) is 12.0. The maximum Gasteiger partial charge on any atom is 0.0547 e. The predicted octanol–water partition coefficient (Wildman–Crippen LogP) is 32.3. The summed E-state index contributed by atoms with van der Waals surface area (Å²) in [4.78, 5) is 4.61. The summed E-state index contributed by atoms with van der Waals surface area (Å²) in [6.07, 6.45) is 1.02. The molecule has 0 radical (unpaired) electrons. The van der Waals surface area contributed by atoms with E-state index >= 15 is 0 Å². The van der Waals surface area contributed by atoms with Crippen LogP contribution in [0.1, 0.15) is 61.1 Å². The Labute approximate surface area is 702 Å². The van der Waals surface area contributed by atoms with Gasteiger partial charge in [-0.1, -0.05) is 317 Å². The van der Waals surface area contributed by atoms with Crippen LogP contribution < -0.4 is 9.80 Å². The van der Waals surface area contributed by atoms with E-state index in [2.05, 4.69) is 458 Å². The van der Waals surface area contributed by atoms with Crippen molar-refractivity contribution in [2.75, 3.05) is 9.80 Å². The third-order valence-electron chi connectivity index (χ3n) is 25.7. The van der Waals surface area contributed by atoms with Gasteiger partial charge < -0.3 is 14.4 Å². The Hall–Kier alpha value is -14.2. The predicted molar refractivity (Wildman–Crippen MR) is 510 cm³/mol. The molecule has 0 N–H and O–H groups in total. The molecule has 0 amide bonds. The molecule has 1 heterocycles. The summed E-state index contributed by atoms with van der Waals surface area (Å²) in [7, 11) is 0. The van der Waals surface area contributed by atoms with Crippen LogP contribution in [0.25, 0.3) is 148 Å². The molecule has 1 aromatic heterocycles. The van der Waals surface area contributed by atoms with Crippen molar-refractivity contribution >= 4 is 136 Å². The molecular weight excluding hydrogens is 1500 g/mol. The Morgan fingerprint density at radius 1 is 0.218 bits per heavy atom. The fourth-order valence-corrected chi connectivity index (χ4v) is 20.2. The quantitative estimate of drug-likeness (QED) is 0.133. The summed E-state index contributed by atoms with van der Waals surface area (Å²) < 4.78 is 3.59. The molecule has 0 saturated carbocycles. The highest BCUT2D eigenvalue weighted by molar-refractivity contribution is 9.10. The fraction of sp³-hybridized carbons (Fsp3) is 0.0609. The average molecular weight is 1590 g/mol. The zero-order valence-electron chi connectivity index (χ0n) is 66.7.